The highest BCUT2D eigenvalue weighted by molar-refractivity contribution is 7.99. The molecule has 1 heterocycles. The number of rotatable bonds is 9. The van der Waals surface area contributed by atoms with E-state index in [-0.39, 0.29) is 17.2 Å². The Balaban J connectivity index is 2.35. The van der Waals surface area contributed by atoms with E-state index in [1.807, 2.05) is 0 Å². The molecule has 0 spiro atoms. The van der Waals surface area contributed by atoms with E-state index >= 15 is 0 Å². The third-order valence-electron chi connectivity index (χ3n) is 3.57. The number of thioether (sulfide) groups is 1. The molecular weight excluding hydrogens is 370 g/mol. The monoisotopic (exact) mass is 389 g/mol. The summed E-state index contributed by atoms with van der Waals surface area (Å²) in [7, 11) is 0. The van der Waals surface area contributed by atoms with Crippen LogP contribution in [-0.4, -0.2) is 39.2 Å². The molecule has 0 aliphatic heterocycles. The van der Waals surface area contributed by atoms with Gasteiger partial charge in [-0.2, -0.15) is 0 Å². The van der Waals surface area contributed by atoms with Gasteiger partial charge >= 0.3 is 0 Å². The van der Waals surface area contributed by atoms with Crippen molar-refractivity contribution in [2.45, 2.75) is 11.7 Å². The van der Waals surface area contributed by atoms with E-state index in [1.165, 1.54) is 16.3 Å². The Morgan fingerprint density at radius 2 is 1.92 bits per heavy atom. The van der Waals surface area contributed by atoms with Gasteiger partial charge in [-0.05, 0) is 18.2 Å². The lowest BCUT2D eigenvalue weighted by Crippen LogP contribution is -2.33. The summed E-state index contributed by atoms with van der Waals surface area (Å²) in [5.41, 5.74) is 0.322. The molecule has 0 saturated carbocycles. The lowest BCUT2D eigenvalue weighted by atomic mass is 10.2. The maximum absolute atomic E-state index is 12.7. The summed E-state index contributed by atoms with van der Waals surface area (Å²) in [4.78, 5) is 31.3. The second-order valence-electron chi connectivity index (χ2n) is 5.43. The minimum absolute atomic E-state index is 0.0830. The molecule has 5 nitrogen and oxygen atoms in total. The van der Waals surface area contributed by atoms with E-state index in [2.05, 4.69) is 24.7 Å². The molecule has 0 unspecified atom stereocenters. The average Bonchev–Trinajstić information content (AvgIpc) is 2.62. The lowest BCUT2D eigenvalue weighted by Gasteiger charge is -2.19. The van der Waals surface area contributed by atoms with Crippen LogP contribution in [0.3, 0.4) is 0 Å². The minimum Gasteiger partial charge on any atom is -0.335 e. The number of halogens is 1. The highest BCUT2D eigenvalue weighted by Crippen LogP contribution is 2.21. The zero-order chi connectivity index (χ0) is 19.1. The Hall–Kier alpha value is -2.31. The van der Waals surface area contributed by atoms with Crippen LogP contribution in [0.4, 0.5) is 0 Å². The van der Waals surface area contributed by atoms with Crippen molar-refractivity contribution in [1.29, 1.82) is 0 Å². The Morgan fingerprint density at radius 1 is 1.23 bits per heavy atom. The zero-order valence-corrected chi connectivity index (χ0v) is 15.9. The normalized spacial score (nSPS) is 10.5. The Bertz CT molecular complexity index is 898. The first-order valence-corrected chi connectivity index (χ1v) is 9.31. The second-order valence-corrected chi connectivity index (χ2v) is 6.80. The summed E-state index contributed by atoms with van der Waals surface area (Å²) in [5, 5.41) is 1.43. The fourth-order valence-corrected chi connectivity index (χ4v) is 3.46. The smallest absolute Gasteiger partial charge is 0.262 e. The maximum Gasteiger partial charge on any atom is 0.262 e. The summed E-state index contributed by atoms with van der Waals surface area (Å²) in [6.45, 7) is 12.2. The van der Waals surface area contributed by atoms with E-state index in [1.54, 1.807) is 41.3 Å². The van der Waals surface area contributed by atoms with Crippen LogP contribution in [0.5, 0.6) is 0 Å². The number of hydrogen-bond acceptors (Lipinski definition) is 4. The maximum atomic E-state index is 12.7. The standard InChI is InChI=1S/C19H20ClN3O2S/c1-4-9-22(10-5-2)17(24)13-26-19-21-16-12-14(20)7-8-15(16)18(25)23(19)11-6-3/h4-8,12H,1-3,9-11,13H2. The largest absolute Gasteiger partial charge is 0.335 e. The third-order valence-corrected chi connectivity index (χ3v) is 4.77. The average molecular weight is 390 g/mol. The molecule has 0 saturated heterocycles. The second kappa shape index (κ2) is 9.40. The molecule has 2 aromatic rings. The summed E-state index contributed by atoms with van der Waals surface area (Å²) in [6, 6.07) is 4.95. The van der Waals surface area contributed by atoms with E-state index < -0.39 is 0 Å². The molecule has 1 aromatic heterocycles. The van der Waals surface area contributed by atoms with Gasteiger partial charge in [0.2, 0.25) is 5.91 Å². The molecule has 26 heavy (non-hydrogen) atoms. The molecule has 0 N–H and O–H groups in total. The van der Waals surface area contributed by atoms with Gasteiger partial charge in [0.05, 0.1) is 16.7 Å². The summed E-state index contributed by atoms with van der Waals surface area (Å²) >= 11 is 7.22. The molecule has 0 radical (unpaired) electrons. The van der Waals surface area contributed by atoms with Gasteiger partial charge in [0.15, 0.2) is 5.16 Å². The zero-order valence-electron chi connectivity index (χ0n) is 14.4. The van der Waals surface area contributed by atoms with Crippen LogP contribution in [0, 0.1) is 0 Å². The third kappa shape index (κ3) is 4.65. The fourth-order valence-electron chi connectivity index (χ4n) is 2.38. The van der Waals surface area contributed by atoms with Crippen LogP contribution < -0.4 is 5.56 Å². The van der Waals surface area contributed by atoms with Crippen LogP contribution in [0.1, 0.15) is 0 Å². The van der Waals surface area contributed by atoms with Gasteiger partial charge in [0, 0.05) is 24.7 Å². The van der Waals surface area contributed by atoms with Crippen LogP contribution in [0.2, 0.25) is 5.02 Å². The van der Waals surface area contributed by atoms with Crippen molar-refractivity contribution in [3.8, 4) is 0 Å². The molecule has 7 heteroatoms. The topological polar surface area (TPSA) is 55.2 Å². The van der Waals surface area contributed by atoms with Crippen molar-refractivity contribution in [1.82, 2.24) is 14.5 Å². The van der Waals surface area contributed by atoms with Crippen molar-refractivity contribution in [2.75, 3.05) is 18.8 Å². The van der Waals surface area contributed by atoms with Gasteiger partial charge in [-0.25, -0.2) is 4.98 Å². The van der Waals surface area contributed by atoms with Crippen molar-refractivity contribution in [3.05, 3.63) is 71.5 Å². The van der Waals surface area contributed by atoms with Gasteiger partial charge in [-0.1, -0.05) is 41.6 Å². The van der Waals surface area contributed by atoms with E-state index in [0.717, 1.165) is 0 Å². The quantitative estimate of drug-likeness (QED) is 0.374. The predicted octanol–water partition coefficient (Wildman–Crippen LogP) is 3.53. The number of amides is 1. The van der Waals surface area contributed by atoms with Crippen LogP contribution >= 0.6 is 23.4 Å². The number of nitrogens with zero attached hydrogens (tertiary/aromatic N) is 3. The van der Waals surface area contributed by atoms with Crippen molar-refractivity contribution >= 4 is 40.2 Å². The molecule has 1 amide bonds. The number of benzene rings is 1. The Kier molecular flexibility index (Phi) is 7.24. The highest BCUT2D eigenvalue weighted by atomic mass is 35.5. The van der Waals surface area contributed by atoms with E-state index in [4.69, 9.17) is 11.6 Å². The summed E-state index contributed by atoms with van der Waals surface area (Å²) in [6.07, 6.45) is 4.95. The van der Waals surface area contributed by atoms with Crippen molar-refractivity contribution in [3.63, 3.8) is 0 Å². The fraction of sp³-hybridized carbons (Fsp3) is 0.211. The number of hydrogen-bond donors (Lipinski definition) is 0. The number of fused-ring (bicyclic) bond motifs is 1. The molecule has 0 aliphatic rings. The first-order chi connectivity index (χ1) is 12.5. The lowest BCUT2D eigenvalue weighted by molar-refractivity contribution is -0.127. The molecule has 0 fully saturated rings. The van der Waals surface area contributed by atoms with Crippen LogP contribution in [0.25, 0.3) is 10.9 Å². The summed E-state index contributed by atoms with van der Waals surface area (Å²) in [5.74, 6) is 0.0672. The number of carbonyl (C=O) groups is 1. The predicted molar refractivity (Wildman–Crippen MR) is 109 cm³/mol. The molecule has 0 bridgehead atoms. The number of allylic oxidation sites excluding steroid dienone is 1. The van der Waals surface area contributed by atoms with Gasteiger partial charge in [0.1, 0.15) is 0 Å². The Morgan fingerprint density at radius 3 is 2.54 bits per heavy atom. The molecule has 136 valence electrons. The van der Waals surface area contributed by atoms with E-state index in [0.29, 0.717) is 40.7 Å². The highest BCUT2D eigenvalue weighted by Gasteiger charge is 2.15. The molecular formula is C19H20ClN3O2S. The van der Waals surface area contributed by atoms with Crippen LogP contribution in [0.15, 0.2) is 66.1 Å². The number of aromatic nitrogens is 2. The van der Waals surface area contributed by atoms with Gasteiger partial charge in [-0.15, -0.1) is 19.7 Å². The van der Waals surface area contributed by atoms with Crippen molar-refractivity contribution in [2.24, 2.45) is 0 Å². The summed E-state index contributed by atoms with van der Waals surface area (Å²) < 4.78 is 1.51. The molecule has 0 atom stereocenters. The van der Waals surface area contributed by atoms with Gasteiger partial charge in [0.25, 0.3) is 5.56 Å². The van der Waals surface area contributed by atoms with Crippen LogP contribution in [-0.2, 0) is 11.3 Å². The molecule has 0 aliphatic carbocycles. The minimum atomic E-state index is -0.185. The molecule has 2 rings (SSSR count). The molecule has 1 aromatic carbocycles. The van der Waals surface area contributed by atoms with Gasteiger partial charge in [-0.3, -0.25) is 14.2 Å². The SMILES string of the molecule is C=CCN(CC=C)C(=O)CSc1nc2cc(Cl)ccc2c(=O)n1CC=C. The van der Waals surface area contributed by atoms with E-state index in [9.17, 15) is 9.59 Å². The first kappa shape index (κ1) is 20.0. The van der Waals surface area contributed by atoms with Gasteiger partial charge < -0.3 is 4.90 Å². The number of carbonyl (C=O) groups excluding carboxylic acids is 1. The first-order valence-electron chi connectivity index (χ1n) is 7.95. The van der Waals surface area contributed by atoms with Crippen molar-refractivity contribution < 1.29 is 4.79 Å². The Labute approximate surface area is 161 Å².